The summed E-state index contributed by atoms with van der Waals surface area (Å²) >= 11 is 0. The van der Waals surface area contributed by atoms with Crippen LogP contribution in [0.3, 0.4) is 0 Å². The standard InChI is InChI=1S/C24H25F3N8O3S/c1-4-18-20(34-12-14(2)15(3)29-23(34)30-18)22(36)28-11-16-5-7-17(8-6-16)21-31-19-13-33(9-10-35(19)32-21)39(37,38)24(25,26)27/h5-8,12H,4,9-11,13H2,1-3H3,(H,28,36). The minimum absolute atomic E-state index is 0.0423. The van der Waals surface area contributed by atoms with Gasteiger partial charge in [-0.3, -0.25) is 9.20 Å². The number of nitrogens with one attached hydrogen (secondary N) is 1. The van der Waals surface area contributed by atoms with Gasteiger partial charge < -0.3 is 5.32 Å². The number of fused-ring (bicyclic) bond motifs is 2. The van der Waals surface area contributed by atoms with Gasteiger partial charge in [0.25, 0.3) is 5.91 Å². The van der Waals surface area contributed by atoms with Crippen molar-refractivity contribution in [2.75, 3.05) is 6.54 Å². The second-order valence-corrected chi connectivity index (χ2v) is 11.1. The number of rotatable bonds is 6. The molecule has 1 aliphatic heterocycles. The normalized spacial score (nSPS) is 14.5. The largest absolute Gasteiger partial charge is 0.511 e. The number of aromatic nitrogens is 6. The summed E-state index contributed by atoms with van der Waals surface area (Å²) in [6, 6.07) is 7.02. The molecule has 0 unspecified atom stereocenters. The van der Waals surface area contributed by atoms with Gasteiger partial charge in [0.05, 0.1) is 18.8 Å². The zero-order chi connectivity index (χ0) is 28.1. The van der Waals surface area contributed by atoms with E-state index >= 15 is 0 Å². The van der Waals surface area contributed by atoms with Crippen LogP contribution < -0.4 is 5.32 Å². The van der Waals surface area contributed by atoms with Gasteiger partial charge in [0.15, 0.2) is 5.82 Å². The summed E-state index contributed by atoms with van der Waals surface area (Å²) < 4.78 is 65.7. The molecule has 1 amide bonds. The highest BCUT2D eigenvalue weighted by Gasteiger charge is 2.50. The van der Waals surface area contributed by atoms with Crippen molar-refractivity contribution in [2.24, 2.45) is 0 Å². The number of aryl methyl sites for hydroxylation is 3. The summed E-state index contributed by atoms with van der Waals surface area (Å²) in [7, 11) is -5.45. The van der Waals surface area contributed by atoms with Crippen LogP contribution in [0.4, 0.5) is 13.2 Å². The summed E-state index contributed by atoms with van der Waals surface area (Å²) in [4.78, 5) is 26.3. The molecule has 0 radical (unpaired) electrons. The number of carbonyl (C=O) groups excluding carboxylic acids is 1. The average molecular weight is 563 g/mol. The van der Waals surface area contributed by atoms with E-state index in [1.807, 2.05) is 27.0 Å². The summed E-state index contributed by atoms with van der Waals surface area (Å²) in [5.41, 5.74) is -1.09. The number of hydrogen-bond donors (Lipinski definition) is 1. The van der Waals surface area contributed by atoms with E-state index in [1.165, 1.54) is 4.68 Å². The Morgan fingerprint density at radius 1 is 1.08 bits per heavy atom. The molecule has 0 atom stereocenters. The number of imidazole rings is 1. The summed E-state index contributed by atoms with van der Waals surface area (Å²) in [5.74, 6) is 0.581. The molecule has 1 aromatic carbocycles. The summed E-state index contributed by atoms with van der Waals surface area (Å²) in [6.07, 6.45) is 2.42. The third-order valence-corrected chi connectivity index (χ3v) is 8.18. The molecule has 1 aliphatic rings. The predicted octanol–water partition coefficient (Wildman–Crippen LogP) is 2.76. The van der Waals surface area contributed by atoms with Crippen molar-refractivity contribution in [3.8, 4) is 11.4 Å². The smallest absolute Gasteiger partial charge is 0.347 e. The first kappa shape index (κ1) is 26.7. The highest BCUT2D eigenvalue weighted by molar-refractivity contribution is 7.89. The molecule has 39 heavy (non-hydrogen) atoms. The Kier molecular flexibility index (Phi) is 6.66. The highest BCUT2D eigenvalue weighted by Crippen LogP contribution is 2.29. The molecule has 15 heteroatoms. The summed E-state index contributed by atoms with van der Waals surface area (Å²) in [6.45, 7) is 5.06. The number of sulfonamides is 1. The van der Waals surface area contributed by atoms with Crippen LogP contribution in [0.2, 0.25) is 0 Å². The van der Waals surface area contributed by atoms with Crippen molar-refractivity contribution in [1.29, 1.82) is 0 Å². The maximum Gasteiger partial charge on any atom is 0.511 e. The molecule has 0 saturated carbocycles. The molecule has 5 rings (SSSR count). The third kappa shape index (κ3) is 4.87. The molecule has 1 N–H and O–H groups in total. The van der Waals surface area contributed by atoms with Gasteiger partial charge in [0.2, 0.25) is 5.78 Å². The van der Waals surface area contributed by atoms with Gasteiger partial charge in [-0.1, -0.05) is 31.2 Å². The molecular weight excluding hydrogens is 537 g/mol. The van der Waals surface area contributed by atoms with Gasteiger partial charge >= 0.3 is 15.5 Å². The number of benzene rings is 1. The van der Waals surface area contributed by atoms with Crippen LogP contribution >= 0.6 is 0 Å². The van der Waals surface area contributed by atoms with E-state index in [9.17, 15) is 26.4 Å². The lowest BCUT2D eigenvalue weighted by atomic mass is 10.1. The van der Waals surface area contributed by atoms with Gasteiger partial charge in [-0.05, 0) is 31.4 Å². The van der Waals surface area contributed by atoms with E-state index in [2.05, 4.69) is 25.4 Å². The maximum absolute atomic E-state index is 13.1. The number of hydrogen-bond acceptors (Lipinski definition) is 7. The molecule has 0 aliphatic carbocycles. The Balaban J connectivity index is 1.29. The van der Waals surface area contributed by atoms with Crippen molar-refractivity contribution in [1.82, 2.24) is 38.8 Å². The quantitative estimate of drug-likeness (QED) is 0.383. The van der Waals surface area contributed by atoms with Gasteiger partial charge in [0, 0.05) is 30.5 Å². The van der Waals surface area contributed by atoms with Crippen LogP contribution in [0.15, 0.2) is 30.5 Å². The fourth-order valence-corrected chi connectivity index (χ4v) is 5.21. The number of alkyl halides is 3. The first-order valence-electron chi connectivity index (χ1n) is 12.1. The SMILES string of the molecule is CCc1nc2nc(C)c(C)cn2c1C(=O)NCc1ccc(-c2nc3n(n2)CCN(S(=O)(=O)C(F)(F)F)C3)cc1. The topological polar surface area (TPSA) is 127 Å². The van der Waals surface area contributed by atoms with Crippen LogP contribution in [0.5, 0.6) is 0 Å². The third-order valence-electron chi connectivity index (χ3n) is 6.60. The minimum Gasteiger partial charge on any atom is -0.347 e. The van der Waals surface area contributed by atoms with Crippen molar-refractivity contribution in [2.45, 2.75) is 52.3 Å². The predicted molar refractivity (Wildman–Crippen MR) is 134 cm³/mol. The van der Waals surface area contributed by atoms with Crippen LogP contribution in [-0.2, 0) is 36.1 Å². The second kappa shape index (κ2) is 9.72. The van der Waals surface area contributed by atoms with Crippen LogP contribution in [0.1, 0.15) is 45.8 Å². The second-order valence-electron chi connectivity index (χ2n) is 9.18. The number of amides is 1. The van der Waals surface area contributed by atoms with E-state index < -0.39 is 22.1 Å². The van der Waals surface area contributed by atoms with E-state index in [0.29, 0.717) is 33.5 Å². The fourth-order valence-electron chi connectivity index (χ4n) is 4.30. The molecule has 0 spiro atoms. The lowest BCUT2D eigenvalue weighted by Crippen LogP contribution is -2.44. The molecule has 206 valence electrons. The van der Waals surface area contributed by atoms with E-state index in [4.69, 9.17) is 0 Å². The molecule has 4 heterocycles. The molecule has 11 nitrogen and oxygen atoms in total. The van der Waals surface area contributed by atoms with Crippen molar-refractivity contribution < 1.29 is 26.4 Å². The number of carbonyl (C=O) groups is 1. The minimum atomic E-state index is -5.45. The fraction of sp³-hybridized carbons (Fsp3) is 0.375. The van der Waals surface area contributed by atoms with Crippen molar-refractivity contribution in [3.05, 3.63) is 64.5 Å². The monoisotopic (exact) mass is 562 g/mol. The zero-order valence-corrected chi connectivity index (χ0v) is 22.1. The Hall–Kier alpha value is -3.85. The Morgan fingerprint density at radius 3 is 2.46 bits per heavy atom. The average Bonchev–Trinajstić information content (AvgIpc) is 3.48. The zero-order valence-electron chi connectivity index (χ0n) is 21.3. The molecular formula is C24H25F3N8O3S. The van der Waals surface area contributed by atoms with Gasteiger partial charge in [-0.15, -0.1) is 0 Å². The lowest BCUT2D eigenvalue weighted by Gasteiger charge is -2.26. The Bertz CT molecular complexity index is 1680. The molecule has 4 aromatic rings. The molecule has 0 fully saturated rings. The van der Waals surface area contributed by atoms with Crippen LogP contribution in [-0.4, -0.2) is 59.8 Å². The first-order valence-corrected chi connectivity index (χ1v) is 13.6. The van der Waals surface area contributed by atoms with E-state index in [0.717, 1.165) is 16.8 Å². The van der Waals surface area contributed by atoms with Crippen molar-refractivity contribution >= 4 is 21.7 Å². The highest BCUT2D eigenvalue weighted by atomic mass is 32.2. The van der Waals surface area contributed by atoms with Gasteiger partial charge in [-0.2, -0.15) is 22.6 Å². The van der Waals surface area contributed by atoms with Gasteiger partial charge in [-0.25, -0.2) is 28.1 Å². The Morgan fingerprint density at radius 2 is 1.79 bits per heavy atom. The molecule has 0 bridgehead atoms. The van der Waals surface area contributed by atoms with Gasteiger partial charge in [0.1, 0.15) is 11.5 Å². The Labute approximate surface area is 221 Å². The first-order chi connectivity index (χ1) is 18.4. The van der Waals surface area contributed by atoms with Crippen LogP contribution in [0, 0.1) is 13.8 Å². The summed E-state index contributed by atoms with van der Waals surface area (Å²) in [5, 5.41) is 7.23. The maximum atomic E-state index is 13.1. The van der Waals surface area contributed by atoms with E-state index in [-0.39, 0.29) is 37.2 Å². The number of halogens is 3. The number of nitrogens with zero attached hydrogens (tertiary/aromatic N) is 7. The lowest BCUT2D eigenvalue weighted by molar-refractivity contribution is -0.0496. The molecule has 0 saturated heterocycles. The van der Waals surface area contributed by atoms with Crippen molar-refractivity contribution in [3.63, 3.8) is 0 Å². The van der Waals surface area contributed by atoms with E-state index in [1.54, 1.807) is 28.7 Å². The molecule has 3 aromatic heterocycles. The van der Waals surface area contributed by atoms with Crippen LogP contribution in [0.25, 0.3) is 17.2 Å².